The van der Waals surface area contributed by atoms with Crippen molar-refractivity contribution in [3.05, 3.63) is 45.8 Å². The molecule has 2 amide bonds. The highest BCUT2D eigenvalue weighted by Gasteiger charge is 2.33. The number of amides is 2. The third-order valence-electron chi connectivity index (χ3n) is 5.19. The van der Waals surface area contributed by atoms with Crippen molar-refractivity contribution < 1.29 is 9.59 Å². The average Bonchev–Trinajstić information content (AvgIpc) is 3.21. The van der Waals surface area contributed by atoms with Gasteiger partial charge in [0.05, 0.1) is 18.2 Å². The van der Waals surface area contributed by atoms with Crippen LogP contribution < -0.4 is 10.6 Å². The quantitative estimate of drug-likeness (QED) is 0.799. The van der Waals surface area contributed by atoms with E-state index in [4.69, 9.17) is 0 Å². The van der Waals surface area contributed by atoms with Crippen molar-refractivity contribution in [2.24, 2.45) is 0 Å². The molecule has 1 unspecified atom stereocenters. The van der Waals surface area contributed by atoms with Gasteiger partial charge in [0.15, 0.2) is 0 Å². The molecule has 0 radical (unpaired) electrons. The molecule has 2 aliphatic rings. The minimum atomic E-state index is -0.416. The fourth-order valence-corrected chi connectivity index (χ4v) is 4.06. The molecule has 25 heavy (non-hydrogen) atoms. The Morgan fingerprint density at radius 1 is 1.32 bits per heavy atom. The number of carbonyl (C=O) groups is 2. The van der Waals surface area contributed by atoms with E-state index in [9.17, 15) is 9.59 Å². The molecule has 6 nitrogen and oxygen atoms in total. The van der Waals surface area contributed by atoms with Gasteiger partial charge in [-0.1, -0.05) is 6.07 Å². The number of aryl methyl sites for hydroxylation is 3. The predicted molar refractivity (Wildman–Crippen MR) is 94.4 cm³/mol. The summed E-state index contributed by atoms with van der Waals surface area (Å²) in [6.07, 6.45) is 3.36. The summed E-state index contributed by atoms with van der Waals surface area (Å²) < 4.78 is 0. The van der Waals surface area contributed by atoms with E-state index in [-0.39, 0.29) is 18.2 Å². The molecule has 1 aliphatic heterocycles. The third kappa shape index (κ3) is 2.81. The number of hydrogen-bond donors (Lipinski definition) is 3. The number of hydrogen-bond acceptors (Lipinski definition) is 3. The second-order valence-electron chi connectivity index (χ2n) is 7.05. The number of anilines is 1. The van der Waals surface area contributed by atoms with E-state index in [2.05, 4.69) is 26.9 Å². The lowest BCUT2D eigenvalue weighted by Crippen LogP contribution is -2.27. The lowest BCUT2D eigenvalue weighted by atomic mass is 9.92. The molecule has 130 valence electrons. The van der Waals surface area contributed by atoms with E-state index in [1.165, 1.54) is 11.3 Å². The molecule has 2 heterocycles. The van der Waals surface area contributed by atoms with Crippen LogP contribution in [0.15, 0.2) is 12.1 Å². The number of fused-ring (bicyclic) bond motifs is 2. The molecule has 0 spiro atoms. The highest BCUT2D eigenvalue weighted by atomic mass is 16.2. The Hall–Kier alpha value is -2.63. The minimum absolute atomic E-state index is 0.0977. The first-order chi connectivity index (χ1) is 12.0. The van der Waals surface area contributed by atoms with Gasteiger partial charge in [0, 0.05) is 17.8 Å². The summed E-state index contributed by atoms with van der Waals surface area (Å²) in [5, 5.41) is 13.2. The SMILES string of the molecule is Cc1cc(C)c2c(c1)NC(=O)C2CC(=O)NCc1n[nH]c2c1CCC2. The van der Waals surface area contributed by atoms with Crippen LogP contribution in [-0.2, 0) is 29.0 Å². The number of aromatic amines is 1. The monoisotopic (exact) mass is 338 g/mol. The Kier molecular flexibility index (Phi) is 3.82. The first-order valence-corrected chi connectivity index (χ1v) is 8.76. The molecule has 4 rings (SSSR count). The van der Waals surface area contributed by atoms with Crippen LogP contribution >= 0.6 is 0 Å². The zero-order valence-electron chi connectivity index (χ0n) is 14.5. The van der Waals surface area contributed by atoms with Crippen molar-refractivity contribution in [2.45, 2.75) is 52.0 Å². The first kappa shape index (κ1) is 15.9. The second-order valence-corrected chi connectivity index (χ2v) is 7.05. The highest BCUT2D eigenvalue weighted by molar-refractivity contribution is 6.05. The second kappa shape index (κ2) is 6.02. The van der Waals surface area contributed by atoms with Crippen molar-refractivity contribution in [3.8, 4) is 0 Å². The van der Waals surface area contributed by atoms with Gasteiger partial charge in [-0.3, -0.25) is 14.7 Å². The lowest BCUT2D eigenvalue weighted by molar-refractivity contribution is -0.125. The number of nitrogens with zero attached hydrogens (tertiary/aromatic N) is 1. The molecule has 1 atom stereocenters. The summed E-state index contributed by atoms with van der Waals surface area (Å²) >= 11 is 0. The lowest BCUT2D eigenvalue weighted by Gasteiger charge is -2.12. The van der Waals surface area contributed by atoms with Gasteiger partial charge in [0.1, 0.15) is 0 Å². The van der Waals surface area contributed by atoms with Crippen LogP contribution in [0.25, 0.3) is 0 Å². The minimum Gasteiger partial charge on any atom is -0.350 e. The maximum absolute atomic E-state index is 12.4. The molecule has 0 saturated carbocycles. The van der Waals surface area contributed by atoms with Crippen molar-refractivity contribution in [1.82, 2.24) is 15.5 Å². The zero-order chi connectivity index (χ0) is 17.6. The van der Waals surface area contributed by atoms with E-state index < -0.39 is 5.92 Å². The molecule has 0 fully saturated rings. The summed E-state index contributed by atoms with van der Waals surface area (Å²) in [5.41, 5.74) is 7.31. The first-order valence-electron chi connectivity index (χ1n) is 8.76. The van der Waals surface area contributed by atoms with Crippen molar-refractivity contribution in [1.29, 1.82) is 0 Å². The van der Waals surface area contributed by atoms with Crippen molar-refractivity contribution >= 4 is 17.5 Å². The molecule has 6 heteroatoms. The number of H-pyrrole nitrogens is 1. The van der Waals surface area contributed by atoms with Gasteiger partial charge in [-0.2, -0.15) is 5.10 Å². The van der Waals surface area contributed by atoms with Crippen LogP contribution in [0.3, 0.4) is 0 Å². The predicted octanol–water partition coefficient (Wildman–Crippen LogP) is 2.26. The topological polar surface area (TPSA) is 86.9 Å². The largest absolute Gasteiger partial charge is 0.350 e. The average molecular weight is 338 g/mol. The van der Waals surface area contributed by atoms with Gasteiger partial charge in [-0.05, 0) is 61.4 Å². The maximum Gasteiger partial charge on any atom is 0.232 e. The van der Waals surface area contributed by atoms with Gasteiger partial charge in [-0.25, -0.2) is 0 Å². The van der Waals surface area contributed by atoms with Crippen molar-refractivity contribution in [3.63, 3.8) is 0 Å². The summed E-state index contributed by atoms with van der Waals surface area (Å²) in [6, 6.07) is 4.02. The molecule has 1 aromatic heterocycles. The smallest absolute Gasteiger partial charge is 0.232 e. The summed E-state index contributed by atoms with van der Waals surface area (Å²) in [4.78, 5) is 24.7. The van der Waals surface area contributed by atoms with E-state index in [0.29, 0.717) is 6.54 Å². The van der Waals surface area contributed by atoms with Crippen LogP contribution in [0.4, 0.5) is 5.69 Å². The number of carbonyl (C=O) groups excluding carboxylic acids is 2. The molecule has 1 aliphatic carbocycles. The molecule has 0 saturated heterocycles. The van der Waals surface area contributed by atoms with Crippen LogP contribution in [0.5, 0.6) is 0 Å². The zero-order valence-corrected chi connectivity index (χ0v) is 14.5. The van der Waals surface area contributed by atoms with E-state index >= 15 is 0 Å². The maximum atomic E-state index is 12.4. The highest BCUT2D eigenvalue weighted by Crippen LogP contribution is 2.37. The fraction of sp³-hybridized carbons (Fsp3) is 0.421. The van der Waals surface area contributed by atoms with Gasteiger partial charge in [0.25, 0.3) is 0 Å². The fourth-order valence-electron chi connectivity index (χ4n) is 4.06. The van der Waals surface area contributed by atoms with Gasteiger partial charge in [-0.15, -0.1) is 0 Å². The van der Waals surface area contributed by atoms with Crippen LogP contribution in [0.1, 0.15) is 52.4 Å². The molecular formula is C19H22N4O2. The van der Waals surface area contributed by atoms with E-state index in [1.54, 1.807) is 0 Å². The molecule has 3 N–H and O–H groups in total. The Morgan fingerprint density at radius 2 is 2.16 bits per heavy atom. The van der Waals surface area contributed by atoms with Gasteiger partial charge >= 0.3 is 0 Å². The number of benzene rings is 1. The Bertz CT molecular complexity index is 869. The summed E-state index contributed by atoms with van der Waals surface area (Å²) in [6.45, 7) is 4.41. The van der Waals surface area contributed by atoms with Crippen molar-refractivity contribution in [2.75, 3.05) is 5.32 Å². The van der Waals surface area contributed by atoms with Crippen LogP contribution in [0.2, 0.25) is 0 Å². The Labute approximate surface area is 146 Å². The number of nitrogens with one attached hydrogen (secondary N) is 3. The molecule has 2 aromatic rings. The standard InChI is InChI=1S/C19H22N4O2/c1-10-6-11(2)18-13(19(25)21-15(18)7-10)8-17(24)20-9-16-12-4-3-5-14(12)22-23-16/h6-7,13H,3-5,8-9H2,1-2H3,(H,20,24)(H,21,25)(H,22,23). The van der Waals surface area contributed by atoms with E-state index in [1.807, 2.05) is 19.9 Å². The molecular weight excluding hydrogens is 316 g/mol. The van der Waals surface area contributed by atoms with Gasteiger partial charge < -0.3 is 10.6 Å². The Morgan fingerprint density at radius 3 is 3.00 bits per heavy atom. The summed E-state index contributed by atoms with van der Waals surface area (Å²) in [7, 11) is 0. The summed E-state index contributed by atoms with van der Waals surface area (Å²) in [5.74, 6) is -0.636. The van der Waals surface area contributed by atoms with Gasteiger partial charge in [0.2, 0.25) is 11.8 Å². The van der Waals surface area contributed by atoms with Crippen LogP contribution in [0, 0.1) is 13.8 Å². The number of aromatic nitrogens is 2. The normalized spacial score (nSPS) is 18.0. The van der Waals surface area contributed by atoms with E-state index in [0.717, 1.165) is 47.3 Å². The number of rotatable bonds is 4. The Balaban J connectivity index is 1.44. The van der Waals surface area contributed by atoms with Crippen LogP contribution in [-0.4, -0.2) is 22.0 Å². The molecule has 0 bridgehead atoms. The third-order valence-corrected chi connectivity index (χ3v) is 5.19. The molecule has 1 aromatic carbocycles.